The third-order valence-corrected chi connectivity index (χ3v) is 4.98. The third kappa shape index (κ3) is 4.08. The molecule has 2 atom stereocenters. The van der Waals surface area contributed by atoms with Crippen LogP contribution in [-0.4, -0.2) is 26.8 Å². The van der Waals surface area contributed by atoms with Crippen molar-refractivity contribution in [3.8, 4) is 0 Å². The average molecular weight is 394 g/mol. The number of carboxylic acids is 1. The molecule has 26 heavy (non-hydrogen) atoms. The molecule has 1 amide bonds. The Bertz CT molecular complexity index is 863. The van der Waals surface area contributed by atoms with Crippen LogP contribution in [-0.2, 0) is 16.1 Å². The Morgan fingerprint density at radius 1 is 1.15 bits per heavy atom. The molecule has 0 aliphatic heterocycles. The van der Waals surface area contributed by atoms with Gasteiger partial charge >= 0.3 is 5.97 Å². The Morgan fingerprint density at radius 3 is 2.54 bits per heavy atom. The quantitative estimate of drug-likeness (QED) is 0.755. The van der Waals surface area contributed by atoms with E-state index in [2.05, 4.69) is 10.4 Å². The number of allylic oxidation sites excluding steroid dienone is 2. The highest BCUT2D eigenvalue weighted by Gasteiger charge is 2.34. The van der Waals surface area contributed by atoms with Crippen LogP contribution < -0.4 is 5.32 Å². The summed E-state index contributed by atoms with van der Waals surface area (Å²) in [6.07, 6.45) is 5.91. The van der Waals surface area contributed by atoms with E-state index in [1.165, 1.54) is 0 Å². The highest BCUT2D eigenvalue weighted by atomic mass is 35.5. The van der Waals surface area contributed by atoms with Crippen LogP contribution in [0.15, 0.2) is 42.6 Å². The monoisotopic (exact) mass is 393 g/mol. The van der Waals surface area contributed by atoms with Gasteiger partial charge in [-0.25, -0.2) is 0 Å². The van der Waals surface area contributed by atoms with Crippen molar-refractivity contribution in [2.45, 2.75) is 19.4 Å². The van der Waals surface area contributed by atoms with E-state index in [1.54, 1.807) is 23.0 Å². The minimum atomic E-state index is -0.982. The van der Waals surface area contributed by atoms with Crippen LogP contribution in [0, 0.1) is 11.8 Å². The Morgan fingerprint density at radius 2 is 1.85 bits per heavy atom. The number of halogens is 2. The first kappa shape index (κ1) is 18.5. The molecule has 1 aliphatic carbocycles. The molecule has 2 unspecified atom stereocenters. The van der Waals surface area contributed by atoms with Crippen molar-refractivity contribution >= 4 is 40.9 Å². The lowest BCUT2D eigenvalue weighted by atomic mass is 9.82. The number of nitrogens with one attached hydrogen (secondary N) is 1. The van der Waals surface area contributed by atoms with Crippen LogP contribution in [0.25, 0.3) is 0 Å². The second-order valence-electron chi connectivity index (χ2n) is 6.10. The summed E-state index contributed by atoms with van der Waals surface area (Å²) >= 11 is 12.3. The zero-order valence-corrected chi connectivity index (χ0v) is 15.2. The lowest BCUT2D eigenvalue weighted by Gasteiger charge is -2.23. The molecule has 0 saturated carbocycles. The van der Waals surface area contributed by atoms with Gasteiger partial charge in [0.15, 0.2) is 5.82 Å². The van der Waals surface area contributed by atoms with Crippen molar-refractivity contribution in [2.75, 3.05) is 5.32 Å². The Balaban J connectivity index is 1.73. The molecule has 2 aromatic rings. The number of aromatic nitrogens is 2. The maximum absolute atomic E-state index is 12.5. The number of carboxylic acid groups (broad SMARTS) is 1. The number of carbonyl (C=O) groups excluding carboxylic acids is 1. The zero-order valence-electron chi connectivity index (χ0n) is 13.7. The molecule has 0 spiro atoms. The highest BCUT2D eigenvalue weighted by molar-refractivity contribution is 6.33. The summed E-state index contributed by atoms with van der Waals surface area (Å²) < 4.78 is 1.58. The second kappa shape index (κ2) is 7.93. The van der Waals surface area contributed by atoms with Crippen LogP contribution in [0.1, 0.15) is 18.4 Å². The van der Waals surface area contributed by atoms with E-state index in [0.717, 1.165) is 5.56 Å². The molecule has 8 heteroatoms. The van der Waals surface area contributed by atoms with Crippen LogP contribution >= 0.6 is 23.2 Å². The molecular weight excluding hydrogens is 377 g/mol. The SMILES string of the molecule is O=C(O)C1CC=CCC1C(=O)Nc1nn(Cc2ccccc2Cl)cc1Cl. The van der Waals surface area contributed by atoms with E-state index in [9.17, 15) is 14.7 Å². The third-order valence-electron chi connectivity index (χ3n) is 4.34. The van der Waals surface area contributed by atoms with Crippen molar-refractivity contribution in [2.24, 2.45) is 11.8 Å². The number of rotatable bonds is 5. The van der Waals surface area contributed by atoms with Crippen molar-refractivity contribution in [1.29, 1.82) is 0 Å². The molecule has 3 rings (SSSR count). The summed E-state index contributed by atoms with van der Waals surface area (Å²) in [6.45, 7) is 0.402. The number of aliphatic carboxylic acids is 1. The van der Waals surface area contributed by atoms with Crippen LogP contribution in [0.5, 0.6) is 0 Å². The molecule has 0 fully saturated rings. The Hall–Kier alpha value is -2.31. The van der Waals surface area contributed by atoms with E-state index in [-0.39, 0.29) is 10.8 Å². The highest BCUT2D eigenvalue weighted by Crippen LogP contribution is 2.28. The number of benzene rings is 1. The van der Waals surface area contributed by atoms with Gasteiger partial charge in [0.05, 0.1) is 18.4 Å². The van der Waals surface area contributed by atoms with E-state index >= 15 is 0 Å². The summed E-state index contributed by atoms with van der Waals surface area (Å²) in [5, 5.41) is 17.1. The average Bonchev–Trinajstić information content (AvgIpc) is 2.96. The number of carbonyl (C=O) groups is 2. The van der Waals surface area contributed by atoms with Crippen molar-refractivity contribution in [1.82, 2.24) is 9.78 Å². The molecular formula is C18H17Cl2N3O3. The van der Waals surface area contributed by atoms with Gasteiger partial charge in [0.2, 0.25) is 5.91 Å². The van der Waals surface area contributed by atoms with Gasteiger partial charge in [0.1, 0.15) is 5.02 Å². The molecule has 6 nitrogen and oxygen atoms in total. The largest absolute Gasteiger partial charge is 0.481 e. The maximum atomic E-state index is 12.5. The molecule has 1 aromatic heterocycles. The molecule has 0 radical (unpaired) electrons. The van der Waals surface area contributed by atoms with E-state index < -0.39 is 23.7 Å². The fourth-order valence-electron chi connectivity index (χ4n) is 2.95. The first-order valence-electron chi connectivity index (χ1n) is 8.10. The van der Waals surface area contributed by atoms with Gasteiger partial charge in [0.25, 0.3) is 0 Å². The molecule has 0 bridgehead atoms. The number of amides is 1. The Kier molecular flexibility index (Phi) is 5.64. The van der Waals surface area contributed by atoms with Crippen molar-refractivity contribution in [3.05, 3.63) is 58.2 Å². The minimum absolute atomic E-state index is 0.211. The normalized spacial score (nSPS) is 19.3. The first-order chi connectivity index (χ1) is 12.5. The molecule has 136 valence electrons. The molecule has 1 heterocycles. The molecule has 1 aliphatic rings. The summed E-state index contributed by atoms with van der Waals surface area (Å²) in [7, 11) is 0. The molecule has 2 N–H and O–H groups in total. The van der Waals surface area contributed by atoms with Crippen molar-refractivity contribution < 1.29 is 14.7 Å². The number of hydrogen-bond acceptors (Lipinski definition) is 3. The second-order valence-corrected chi connectivity index (χ2v) is 6.91. The van der Waals surface area contributed by atoms with Crippen LogP contribution in [0.4, 0.5) is 5.82 Å². The zero-order chi connectivity index (χ0) is 18.7. The van der Waals surface area contributed by atoms with E-state index in [4.69, 9.17) is 23.2 Å². The topological polar surface area (TPSA) is 84.2 Å². The van der Waals surface area contributed by atoms with Crippen LogP contribution in [0.3, 0.4) is 0 Å². The van der Waals surface area contributed by atoms with E-state index in [1.807, 2.05) is 24.3 Å². The van der Waals surface area contributed by atoms with Crippen LogP contribution in [0.2, 0.25) is 10.0 Å². The number of anilines is 1. The van der Waals surface area contributed by atoms with Gasteiger partial charge in [-0.3, -0.25) is 14.3 Å². The van der Waals surface area contributed by atoms with Gasteiger partial charge < -0.3 is 10.4 Å². The number of nitrogens with zero attached hydrogens (tertiary/aromatic N) is 2. The molecule has 1 aromatic carbocycles. The predicted molar refractivity (Wildman–Crippen MR) is 99.4 cm³/mol. The summed E-state index contributed by atoms with van der Waals surface area (Å²) in [5.74, 6) is -2.56. The van der Waals surface area contributed by atoms with Gasteiger partial charge in [-0.15, -0.1) is 0 Å². The van der Waals surface area contributed by atoms with Gasteiger partial charge in [-0.2, -0.15) is 5.10 Å². The van der Waals surface area contributed by atoms with Gasteiger partial charge in [-0.05, 0) is 24.5 Å². The first-order valence-corrected chi connectivity index (χ1v) is 8.86. The fourth-order valence-corrected chi connectivity index (χ4v) is 3.34. The van der Waals surface area contributed by atoms with Gasteiger partial charge in [-0.1, -0.05) is 53.6 Å². The van der Waals surface area contributed by atoms with Crippen molar-refractivity contribution in [3.63, 3.8) is 0 Å². The smallest absolute Gasteiger partial charge is 0.307 e. The summed E-state index contributed by atoms with van der Waals surface area (Å²) in [4.78, 5) is 23.9. The van der Waals surface area contributed by atoms with E-state index in [0.29, 0.717) is 24.4 Å². The number of hydrogen-bond donors (Lipinski definition) is 2. The lowest BCUT2D eigenvalue weighted by Crippen LogP contribution is -2.34. The maximum Gasteiger partial charge on any atom is 0.307 e. The molecule has 0 saturated heterocycles. The lowest BCUT2D eigenvalue weighted by molar-refractivity contribution is -0.146. The fraction of sp³-hybridized carbons (Fsp3) is 0.278. The Labute approximate surface area is 160 Å². The minimum Gasteiger partial charge on any atom is -0.481 e. The predicted octanol–water partition coefficient (Wildman–Crippen LogP) is 3.84. The van der Waals surface area contributed by atoms with Gasteiger partial charge in [0, 0.05) is 11.2 Å². The summed E-state index contributed by atoms with van der Waals surface area (Å²) in [5.41, 5.74) is 0.870. The standard InChI is InChI=1S/C18H17Cl2N3O3/c19-14-8-4-1-5-11(14)9-23-10-15(20)16(22-23)21-17(24)12-6-2-3-7-13(12)18(25)26/h1-5,8,10,12-13H,6-7,9H2,(H,25,26)(H,21,22,24). The summed E-state index contributed by atoms with van der Waals surface area (Å²) in [6, 6.07) is 7.37.